The largest absolute Gasteiger partial charge is 0.386 e. The average Bonchev–Trinajstić information content (AvgIpc) is 2.65. The molecule has 0 saturated carbocycles. The van der Waals surface area contributed by atoms with E-state index in [0.717, 1.165) is 5.82 Å². The van der Waals surface area contributed by atoms with E-state index in [1.807, 2.05) is 6.92 Å². The van der Waals surface area contributed by atoms with Crippen LogP contribution in [0.5, 0.6) is 0 Å². The van der Waals surface area contributed by atoms with Gasteiger partial charge < -0.3 is 9.67 Å². The van der Waals surface area contributed by atoms with Crippen LogP contribution in [0, 0.1) is 12.7 Å². The van der Waals surface area contributed by atoms with Gasteiger partial charge in [0.15, 0.2) is 0 Å². The second-order valence-electron chi connectivity index (χ2n) is 3.66. The number of aryl methyl sites for hydroxylation is 1. The van der Waals surface area contributed by atoms with Crippen LogP contribution in [-0.4, -0.2) is 14.7 Å². The quantitative estimate of drug-likeness (QED) is 0.859. The minimum absolute atomic E-state index is 0.312. The number of aliphatic hydroxyl groups excluding tert-OH is 1. The molecule has 0 aliphatic heterocycles. The molecule has 84 valence electrons. The van der Waals surface area contributed by atoms with Gasteiger partial charge in [-0.1, -0.05) is 18.2 Å². The van der Waals surface area contributed by atoms with Crippen molar-refractivity contribution < 1.29 is 9.50 Å². The minimum Gasteiger partial charge on any atom is -0.386 e. The number of imidazole rings is 1. The Balaban J connectivity index is 2.18. The first-order valence-electron chi connectivity index (χ1n) is 5.08. The van der Waals surface area contributed by atoms with E-state index in [9.17, 15) is 9.50 Å². The average molecular weight is 220 g/mol. The van der Waals surface area contributed by atoms with Crippen molar-refractivity contribution in [3.05, 3.63) is 53.9 Å². The van der Waals surface area contributed by atoms with E-state index in [0.29, 0.717) is 12.1 Å². The Morgan fingerprint density at radius 1 is 1.44 bits per heavy atom. The van der Waals surface area contributed by atoms with Crippen molar-refractivity contribution in [2.45, 2.75) is 19.6 Å². The summed E-state index contributed by atoms with van der Waals surface area (Å²) in [5, 5.41) is 9.91. The zero-order valence-corrected chi connectivity index (χ0v) is 8.97. The maximum atomic E-state index is 13.4. The lowest BCUT2D eigenvalue weighted by Gasteiger charge is -2.13. The van der Waals surface area contributed by atoms with Crippen molar-refractivity contribution in [3.8, 4) is 0 Å². The monoisotopic (exact) mass is 220 g/mol. The molecule has 1 aromatic carbocycles. The van der Waals surface area contributed by atoms with Crippen LogP contribution in [0.25, 0.3) is 0 Å². The number of hydrogen-bond donors (Lipinski definition) is 1. The number of halogens is 1. The Kier molecular flexibility index (Phi) is 3.01. The Morgan fingerprint density at radius 2 is 2.19 bits per heavy atom. The topological polar surface area (TPSA) is 38.0 Å². The van der Waals surface area contributed by atoms with Crippen LogP contribution >= 0.6 is 0 Å². The van der Waals surface area contributed by atoms with Gasteiger partial charge in [-0.25, -0.2) is 9.37 Å². The number of hydrogen-bond acceptors (Lipinski definition) is 2. The molecule has 2 rings (SSSR count). The van der Waals surface area contributed by atoms with E-state index in [-0.39, 0.29) is 5.82 Å². The van der Waals surface area contributed by atoms with E-state index in [1.54, 1.807) is 35.2 Å². The number of benzene rings is 1. The first-order valence-corrected chi connectivity index (χ1v) is 5.08. The van der Waals surface area contributed by atoms with Gasteiger partial charge in [-0.05, 0) is 13.0 Å². The highest BCUT2D eigenvalue weighted by Gasteiger charge is 2.13. The number of rotatable bonds is 3. The van der Waals surface area contributed by atoms with Gasteiger partial charge in [-0.2, -0.15) is 0 Å². The molecular weight excluding hydrogens is 207 g/mol. The van der Waals surface area contributed by atoms with E-state index in [1.165, 1.54) is 6.07 Å². The lowest BCUT2D eigenvalue weighted by atomic mass is 10.1. The van der Waals surface area contributed by atoms with Gasteiger partial charge >= 0.3 is 0 Å². The van der Waals surface area contributed by atoms with Gasteiger partial charge in [0.05, 0.1) is 12.6 Å². The molecule has 0 radical (unpaired) electrons. The summed E-state index contributed by atoms with van der Waals surface area (Å²) in [6, 6.07) is 6.25. The van der Waals surface area contributed by atoms with Crippen LogP contribution in [0.1, 0.15) is 17.5 Å². The minimum atomic E-state index is -0.853. The molecule has 1 atom stereocenters. The van der Waals surface area contributed by atoms with Crippen molar-refractivity contribution >= 4 is 0 Å². The lowest BCUT2D eigenvalue weighted by Crippen LogP contribution is -2.10. The van der Waals surface area contributed by atoms with Crippen LogP contribution in [-0.2, 0) is 6.54 Å². The maximum absolute atomic E-state index is 13.4. The van der Waals surface area contributed by atoms with Gasteiger partial charge in [-0.3, -0.25) is 0 Å². The smallest absolute Gasteiger partial charge is 0.129 e. The summed E-state index contributed by atoms with van der Waals surface area (Å²) < 4.78 is 15.2. The molecular formula is C12H13FN2O. The normalized spacial score (nSPS) is 12.7. The molecule has 0 amide bonds. The van der Waals surface area contributed by atoms with Crippen LogP contribution < -0.4 is 0 Å². The summed E-state index contributed by atoms with van der Waals surface area (Å²) in [6.07, 6.45) is 2.57. The third kappa shape index (κ3) is 2.12. The molecule has 0 aliphatic carbocycles. The molecule has 1 N–H and O–H groups in total. The maximum Gasteiger partial charge on any atom is 0.129 e. The molecule has 2 aromatic rings. The summed E-state index contributed by atoms with van der Waals surface area (Å²) in [4.78, 5) is 4.04. The van der Waals surface area contributed by atoms with Gasteiger partial charge in [0.2, 0.25) is 0 Å². The highest BCUT2D eigenvalue weighted by atomic mass is 19.1. The van der Waals surface area contributed by atoms with Gasteiger partial charge in [0, 0.05) is 18.0 Å². The van der Waals surface area contributed by atoms with Crippen LogP contribution in [0.15, 0.2) is 36.7 Å². The molecule has 0 spiro atoms. The Bertz CT molecular complexity index is 481. The molecule has 0 aliphatic rings. The highest BCUT2D eigenvalue weighted by Crippen LogP contribution is 2.18. The molecule has 4 heteroatoms. The fourth-order valence-electron chi connectivity index (χ4n) is 1.63. The number of aromatic nitrogens is 2. The molecule has 3 nitrogen and oxygen atoms in total. The van der Waals surface area contributed by atoms with Crippen molar-refractivity contribution in [3.63, 3.8) is 0 Å². The van der Waals surface area contributed by atoms with E-state index in [2.05, 4.69) is 4.98 Å². The third-order valence-corrected chi connectivity index (χ3v) is 2.56. The van der Waals surface area contributed by atoms with E-state index in [4.69, 9.17) is 0 Å². The molecule has 0 fully saturated rings. The zero-order chi connectivity index (χ0) is 11.5. The van der Waals surface area contributed by atoms with E-state index < -0.39 is 6.10 Å². The Labute approximate surface area is 93.2 Å². The summed E-state index contributed by atoms with van der Waals surface area (Å²) >= 11 is 0. The molecule has 16 heavy (non-hydrogen) atoms. The van der Waals surface area contributed by atoms with Crippen molar-refractivity contribution in [1.29, 1.82) is 0 Å². The number of aliphatic hydroxyl groups is 1. The highest BCUT2D eigenvalue weighted by molar-refractivity contribution is 5.19. The first kappa shape index (κ1) is 10.8. The fourth-order valence-corrected chi connectivity index (χ4v) is 1.63. The van der Waals surface area contributed by atoms with Crippen LogP contribution in [0.2, 0.25) is 0 Å². The molecule has 0 bridgehead atoms. The SMILES string of the molecule is Cc1nccn1CC(O)c1ccccc1F. The van der Waals surface area contributed by atoms with Crippen molar-refractivity contribution in [2.24, 2.45) is 0 Å². The molecule has 0 saturated heterocycles. The van der Waals surface area contributed by atoms with Crippen LogP contribution in [0.4, 0.5) is 4.39 Å². The summed E-state index contributed by atoms with van der Waals surface area (Å²) in [5.41, 5.74) is 0.315. The third-order valence-electron chi connectivity index (χ3n) is 2.56. The second-order valence-corrected chi connectivity index (χ2v) is 3.66. The van der Waals surface area contributed by atoms with Crippen molar-refractivity contribution in [1.82, 2.24) is 9.55 Å². The van der Waals surface area contributed by atoms with Crippen molar-refractivity contribution in [2.75, 3.05) is 0 Å². The van der Waals surface area contributed by atoms with Gasteiger partial charge in [0.25, 0.3) is 0 Å². The summed E-state index contributed by atoms with van der Waals surface area (Å²) in [7, 11) is 0. The first-order chi connectivity index (χ1) is 7.68. The second kappa shape index (κ2) is 4.45. The van der Waals surface area contributed by atoms with E-state index >= 15 is 0 Å². The Morgan fingerprint density at radius 3 is 2.81 bits per heavy atom. The predicted molar refractivity (Wildman–Crippen MR) is 58.3 cm³/mol. The van der Waals surface area contributed by atoms with Crippen LogP contribution in [0.3, 0.4) is 0 Å². The molecule has 1 heterocycles. The fraction of sp³-hybridized carbons (Fsp3) is 0.250. The lowest BCUT2D eigenvalue weighted by molar-refractivity contribution is 0.151. The molecule has 1 aromatic heterocycles. The van der Waals surface area contributed by atoms with Gasteiger partial charge in [0.1, 0.15) is 11.6 Å². The summed E-state index contributed by atoms with van der Waals surface area (Å²) in [6.45, 7) is 2.15. The Hall–Kier alpha value is -1.68. The van der Waals surface area contributed by atoms with Gasteiger partial charge in [-0.15, -0.1) is 0 Å². The standard InChI is InChI=1S/C12H13FN2O/c1-9-14-6-7-15(9)8-12(16)10-4-2-3-5-11(10)13/h2-7,12,16H,8H2,1H3. The molecule has 1 unspecified atom stereocenters. The zero-order valence-electron chi connectivity index (χ0n) is 8.97. The summed E-state index contributed by atoms with van der Waals surface area (Å²) in [5.74, 6) is 0.420. The number of nitrogens with zero attached hydrogens (tertiary/aromatic N) is 2. The predicted octanol–water partition coefficient (Wildman–Crippen LogP) is 2.06.